The Morgan fingerprint density at radius 3 is 2.33 bits per heavy atom. The van der Waals surface area contributed by atoms with E-state index in [1.54, 1.807) is 19.9 Å². The molecule has 0 heterocycles. The molecule has 4 nitrogen and oxygen atoms in total. The number of nitrogens with one attached hydrogen (secondary N) is 1. The molecule has 0 saturated heterocycles. The van der Waals surface area contributed by atoms with Crippen LogP contribution in [0.5, 0.6) is 0 Å². The highest BCUT2D eigenvalue weighted by atomic mass is 35.5. The maximum absolute atomic E-state index is 12.7. The predicted molar refractivity (Wildman–Crippen MR) is 103 cm³/mol. The van der Waals surface area contributed by atoms with Gasteiger partial charge >= 0.3 is 0 Å². The van der Waals surface area contributed by atoms with E-state index in [2.05, 4.69) is 23.5 Å². The number of sulfonamides is 1. The van der Waals surface area contributed by atoms with Crippen LogP contribution in [0.3, 0.4) is 0 Å². The smallest absolute Gasteiger partial charge is 0.242 e. The lowest BCUT2D eigenvalue weighted by atomic mass is 10.2. The van der Waals surface area contributed by atoms with Gasteiger partial charge in [0.05, 0.1) is 5.02 Å². The first-order chi connectivity index (χ1) is 11.1. The fraction of sp³-hybridized carbons (Fsp3) is 0.647. The fourth-order valence-electron chi connectivity index (χ4n) is 2.68. The molecule has 24 heavy (non-hydrogen) atoms. The van der Waals surface area contributed by atoms with Crippen LogP contribution in [0.15, 0.2) is 11.0 Å². The van der Waals surface area contributed by atoms with Crippen molar-refractivity contribution in [1.29, 1.82) is 0 Å². The molecule has 0 spiro atoms. The molecular weight excluding hydrogens is 367 g/mol. The summed E-state index contributed by atoms with van der Waals surface area (Å²) in [5, 5.41) is 0.645. The molecule has 7 heteroatoms. The fourth-order valence-corrected chi connectivity index (χ4v) is 5.17. The van der Waals surface area contributed by atoms with E-state index in [0.29, 0.717) is 16.1 Å². The molecule has 138 valence electrons. The summed E-state index contributed by atoms with van der Waals surface area (Å²) in [4.78, 5) is 2.41. The monoisotopic (exact) mass is 394 g/mol. The lowest BCUT2D eigenvalue weighted by molar-refractivity contribution is 0.293. The summed E-state index contributed by atoms with van der Waals surface area (Å²) in [5.74, 6) is 0. The van der Waals surface area contributed by atoms with Gasteiger partial charge < -0.3 is 4.90 Å². The second-order valence-electron chi connectivity index (χ2n) is 6.13. The quantitative estimate of drug-likeness (QED) is 0.674. The van der Waals surface area contributed by atoms with E-state index in [0.717, 1.165) is 32.5 Å². The average molecular weight is 395 g/mol. The molecule has 1 unspecified atom stereocenters. The Bertz CT molecular complexity index is 633. The molecule has 0 bridgehead atoms. The molecule has 0 aliphatic carbocycles. The second-order valence-corrected chi connectivity index (χ2v) is 8.57. The molecule has 0 aromatic heterocycles. The number of hydrogen-bond donors (Lipinski definition) is 1. The van der Waals surface area contributed by atoms with Crippen LogP contribution in [0, 0.1) is 13.8 Å². The Hall–Kier alpha value is -0.330. The first kappa shape index (κ1) is 21.7. The number of halogens is 2. The third kappa shape index (κ3) is 5.60. The summed E-state index contributed by atoms with van der Waals surface area (Å²) in [7, 11) is -3.71. The molecule has 1 aromatic rings. The van der Waals surface area contributed by atoms with Gasteiger partial charge in [0.15, 0.2) is 0 Å². The van der Waals surface area contributed by atoms with Gasteiger partial charge in [0.25, 0.3) is 0 Å². The van der Waals surface area contributed by atoms with Gasteiger partial charge in [-0.1, -0.05) is 37.0 Å². The summed E-state index contributed by atoms with van der Waals surface area (Å²) in [6, 6.07) is 1.52. The molecule has 1 rings (SSSR count). The van der Waals surface area contributed by atoms with Crippen LogP contribution >= 0.6 is 23.2 Å². The highest BCUT2D eigenvalue weighted by Gasteiger charge is 2.25. The summed E-state index contributed by atoms with van der Waals surface area (Å²) < 4.78 is 28.2. The van der Waals surface area contributed by atoms with Gasteiger partial charge in [-0.05, 0) is 70.4 Å². The zero-order valence-electron chi connectivity index (χ0n) is 15.1. The number of nitrogens with zero attached hydrogens (tertiary/aromatic N) is 1. The van der Waals surface area contributed by atoms with Crippen molar-refractivity contribution in [1.82, 2.24) is 9.62 Å². The van der Waals surface area contributed by atoms with E-state index >= 15 is 0 Å². The van der Waals surface area contributed by atoms with Crippen LogP contribution in [0.2, 0.25) is 10.0 Å². The molecule has 0 amide bonds. The van der Waals surface area contributed by atoms with E-state index in [1.165, 1.54) is 0 Å². The predicted octanol–water partition coefficient (Wildman–Crippen LogP) is 4.40. The summed E-state index contributed by atoms with van der Waals surface area (Å²) in [6.07, 6.45) is 1.71. The van der Waals surface area contributed by atoms with Crippen LogP contribution in [0.4, 0.5) is 0 Å². The Morgan fingerprint density at radius 2 is 1.79 bits per heavy atom. The minimum absolute atomic E-state index is 0.0877. The first-order valence-electron chi connectivity index (χ1n) is 8.33. The van der Waals surface area contributed by atoms with Crippen molar-refractivity contribution >= 4 is 33.2 Å². The maximum Gasteiger partial charge on any atom is 0.242 e. The summed E-state index contributed by atoms with van der Waals surface area (Å²) in [5.41, 5.74) is 1.14. The molecule has 1 aromatic carbocycles. The van der Waals surface area contributed by atoms with Gasteiger partial charge in [-0.2, -0.15) is 0 Å². The van der Waals surface area contributed by atoms with Gasteiger partial charge in [-0.25, -0.2) is 13.1 Å². The Labute approximate surface area is 156 Å². The number of hydrogen-bond acceptors (Lipinski definition) is 3. The van der Waals surface area contributed by atoms with Crippen molar-refractivity contribution in [3.8, 4) is 0 Å². The van der Waals surface area contributed by atoms with E-state index in [-0.39, 0.29) is 16.0 Å². The van der Waals surface area contributed by atoms with Crippen molar-refractivity contribution in [3.63, 3.8) is 0 Å². The highest BCUT2D eigenvalue weighted by Crippen LogP contribution is 2.33. The molecule has 0 fully saturated rings. The van der Waals surface area contributed by atoms with Crippen LogP contribution in [-0.4, -0.2) is 39.0 Å². The lowest BCUT2D eigenvalue weighted by Gasteiger charge is -2.20. The number of benzene rings is 1. The van der Waals surface area contributed by atoms with E-state index in [9.17, 15) is 8.42 Å². The zero-order valence-corrected chi connectivity index (χ0v) is 17.4. The lowest BCUT2D eigenvalue weighted by Crippen LogP contribution is -2.34. The maximum atomic E-state index is 12.7. The zero-order chi connectivity index (χ0) is 18.5. The molecular formula is C17H28Cl2N2O2S. The van der Waals surface area contributed by atoms with Crippen LogP contribution in [0.1, 0.15) is 44.7 Å². The van der Waals surface area contributed by atoms with Gasteiger partial charge in [0.2, 0.25) is 10.0 Å². The summed E-state index contributed by atoms with van der Waals surface area (Å²) >= 11 is 12.4. The van der Waals surface area contributed by atoms with Crippen LogP contribution in [-0.2, 0) is 10.0 Å². The minimum Gasteiger partial charge on any atom is -0.304 e. The molecule has 0 radical (unpaired) electrons. The van der Waals surface area contributed by atoms with Gasteiger partial charge in [0, 0.05) is 11.1 Å². The topological polar surface area (TPSA) is 49.4 Å². The molecule has 1 atom stereocenters. The van der Waals surface area contributed by atoms with Gasteiger partial charge in [-0.15, -0.1) is 0 Å². The van der Waals surface area contributed by atoms with Crippen molar-refractivity contribution in [2.75, 3.05) is 19.6 Å². The second kappa shape index (κ2) is 9.39. The van der Waals surface area contributed by atoms with E-state index in [1.807, 2.05) is 6.92 Å². The van der Waals surface area contributed by atoms with E-state index < -0.39 is 10.0 Å². The van der Waals surface area contributed by atoms with Crippen LogP contribution in [0.25, 0.3) is 0 Å². The molecule has 0 aliphatic rings. The molecule has 0 aliphatic heterocycles. The van der Waals surface area contributed by atoms with Gasteiger partial charge in [-0.3, -0.25) is 0 Å². The largest absolute Gasteiger partial charge is 0.304 e. The SMILES string of the molecule is CCN(CC)CCCC(C)NS(=O)(=O)c1c(C)c(Cl)cc(C)c1Cl. The number of rotatable bonds is 9. The minimum atomic E-state index is -3.71. The normalized spacial score (nSPS) is 13.5. The van der Waals surface area contributed by atoms with Crippen LogP contribution < -0.4 is 4.72 Å². The highest BCUT2D eigenvalue weighted by molar-refractivity contribution is 7.89. The third-order valence-corrected chi connectivity index (χ3v) is 6.97. The Kier molecular flexibility index (Phi) is 8.50. The van der Waals surface area contributed by atoms with Crippen molar-refractivity contribution < 1.29 is 8.42 Å². The van der Waals surface area contributed by atoms with Crippen molar-refractivity contribution in [2.24, 2.45) is 0 Å². The molecule has 0 saturated carbocycles. The van der Waals surface area contributed by atoms with E-state index in [4.69, 9.17) is 23.2 Å². The first-order valence-corrected chi connectivity index (χ1v) is 10.6. The third-order valence-electron chi connectivity index (χ3n) is 4.22. The Balaban J connectivity index is 2.84. The average Bonchev–Trinajstić information content (AvgIpc) is 2.49. The van der Waals surface area contributed by atoms with Gasteiger partial charge in [0.1, 0.15) is 4.90 Å². The van der Waals surface area contributed by atoms with Crippen molar-refractivity contribution in [3.05, 3.63) is 27.2 Å². The standard InChI is InChI=1S/C17H28Cl2N2O2S/c1-6-21(7-2)10-8-9-13(4)20-24(22,23)17-14(5)15(18)11-12(3)16(17)19/h11,13,20H,6-10H2,1-5H3. The summed E-state index contributed by atoms with van der Waals surface area (Å²) in [6.45, 7) is 12.5. The molecule has 1 N–H and O–H groups in total. The van der Waals surface area contributed by atoms with Crippen molar-refractivity contribution in [2.45, 2.75) is 58.4 Å². The number of aryl methyl sites for hydroxylation is 1. The Morgan fingerprint density at radius 1 is 1.21 bits per heavy atom.